The van der Waals surface area contributed by atoms with Crippen LogP contribution in [0.1, 0.15) is 30.0 Å². The van der Waals surface area contributed by atoms with Gasteiger partial charge in [0.15, 0.2) is 5.58 Å². The van der Waals surface area contributed by atoms with Gasteiger partial charge in [0.2, 0.25) is 5.89 Å². The zero-order valence-corrected chi connectivity index (χ0v) is 16.3. The molecule has 1 aromatic carbocycles. The lowest BCUT2D eigenvalue weighted by Gasteiger charge is -2.23. The quantitative estimate of drug-likeness (QED) is 0.424. The topological polar surface area (TPSA) is 87.3 Å². The molecule has 0 amide bonds. The maximum atomic E-state index is 14.6. The zero-order valence-electron chi connectivity index (χ0n) is 16.3. The Labute approximate surface area is 174 Å². The number of nitrogens with zero attached hydrogens (tertiary/aromatic N) is 4. The lowest BCUT2D eigenvalue weighted by molar-refractivity contribution is 0.148. The van der Waals surface area contributed by atoms with Gasteiger partial charge >= 0.3 is 0 Å². The molecule has 0 spiro atoms. The first-order valence-corrected chi connectivity index (χ1v) is 9.58. The number of hydrogen-bond donors (Lipinski definition) is 0. The number of hydroxylamine groups is 1. The Balaban J connectivity index is 1.69. The number of pyridine rings is 2. The van der Waals surface area contributed by atoms with Crippen molar-refractivity contribution in [1.29, 1.82) is 0 Å². The Morgan fingerprint density at radius 2 is 2.00 bits per heavy atom. The van der Waals surface area contributed by atoms with E-state index in [0.29, 0.717) is 34.9 Å². The second-order valence-electron chi connectivity index (χ2n) is 7.36. The molecule has 1 fully saturated rings. The highest BCUT2D eigenvalue weighted by molar-refractivity contribution is 5.97. The molecule has 10 heteroatoms. The van der Waals surface area contributed by atoms with Gasteiger partial charge in [0.1, 0.15) is 22.8 Å². The Bertz CT molecular complexity index is 1290. The molecular formula is C21H16F3N4O3-. The first-order valence-electron chi connectivity index (χ1n) is 9.58. The summed E-state index contributed by atoms with van der Waals surface area (Å²) in [6.45, 7) is 1.01. The van der Waals surface area contributed by atoms with E-state index in [9.17, 15) is 18.4 Å². The fourth-order valence-corrected chi connectivity index (χ4v) is 3.83. The van der Waals surface area contributed by atoms with E-state index in [2.05, 4.69) is 15.0 Å². The van der Waals surface area contributed by atoms with E-state index >= 15 is 0 Å². The van der Waals surface area contributed by atoms with Crippen LogP contribution in [0, 0.1) is 11.0 Å². The number of anilines is 1. The Kier molecular flexibility index (Phi) is 4.75. The van der Waals surface area contributed by atoms with Gasteiger partial charge in [-0.05, 0) is 31.2 Å². The third kappa shape index (κ3) is 3.37. The minimum atomic E-state index is -2.83. The summed E-state index contributed by atoms with van der Waals surface area (Å²) in [5.41, 5.74) is 0.987. The Hall–Kier alpha value is -3.24. The zero-order chi connectivity index (χ0) is 21.7. The number of oxazole rings is 1. The maximum Gasteiger partial charge on any atom is 0.281 e. The van der Waals surface area contributed by atoms with Crippen LogP contribution in [0.5, 0.6) is 0 Å². The molecule has 1 saturated heterocycles. The van der Waals surface area contributed by atoms with Crippen LogP contribution in [0.3, 0.4) is 0 Å². The molecule has 0 N–H and O–H groups in total. The molecule has 0 radical (unpaired) electrons. The highest BCUT2D eigenvalue weighted by atomic mass is 19.3. The Morgan fingerprint density at radius 3 is 2.71 bits per heavy atom. The van der Waals surface area contributed by atoms with Gasteiger partial charge in [0, 0.05) is 41.8 Å². The van der Waals surface area contributed by atoms with Crippen molar-refractivity contribution in [2.45, 2.75) is 18.8 Å². The molecule has 1 atom stereocenters. The molecule has 0 saturated carbocycles. The second-order valence-corrected chi connectivity index (χ2v) is 7.36. The molecule has 4 heterocycles. The number of alkyl halides is 2. The van der Waals surface area contributed by atoms with Gasteiger partial charge < -0.3 is 19.4 Å². The number of hydrogen-bond acceptors (Lipinski definition) is 7. The first-order chi connectivity index (χ1) is 14.9. The number of benzene rings is 1. The summed E-state index contributed by atoms with van der Waals surface area (Å²) in [7, 11) is 1.25. The molecule has 0 aliphatic carbocycles. The fourth-order valence-electron chi connectivity index (χ4n) is 3.83. The molecular weight excluding hydrogens is 413 g/mol. The molecule has 7 nitrogen and oxygen atoms in total. The predicted molar refractivity (Wildman–Crippen MR) is 107 cm³/mol. The predicted octanol–water partition coefficient (Wildman–Crippen LogP) is 4.95. The van der Waals surface area contributed by atoms with Crippen LogP contribution in [0.4, 0.5) is 19.0 Å². The molecule has 0 bridgehead atoms. The second kappa shape index (κ2) is 7.47. The van der Waals surface area contributed by atoms with E-state index in [-0.39, 0.29) is 34.0 Å². The van der Waals surface area contributed by atoms with Crippen LogP contribution in [-0.2, 0) is 4.74 Å². The summed E-state index contributed by atoms with van der Waals surface area (Å²) in [4.78, 5) is 12.2. The highest BCUT2D eigenvalue weighted by Crippen LogP contribution is 2.37. The van der Waals surface area contributed by atoms with Crippen LogP contribution in [0.15, 0.2) is 35.0 Å². The molecule has 31 heavy (non-hydrogen) atoms. The van der Waals surface area contributed by atoms with Crippen molar-refractivity contribution in [3.63, 3.8) is 0 Å². The monoisotopic (exact) mass is 429 g/mol. The molecule has 4 aromatic rings. The van der Waals surface area contributed by atoms with Crippen molar-refractivity contribution < 1.29 is 22.3 Å². The highest BCUT2D eigenvalue weighted by Gasteiger charge is 2.24. The molecule has 1 aliphatic heterocycles. The number of ether oxygens (including phenoxy) is 1. The van der Waals surface area contributed by atoms with Gasteiger partial charge in [-0.15, -0.1) is 0 Å². The largest absolute Gasteiger partial charge is 0.757 e. The van der Waals surface area contributed by atoms with E-state index in [1.54, 1.807) is 6.07 Å². The summed E-state index contributed by atoms with van der Waals surface area (Å²) in [6.07, 6.45) is 0.279. The average molecular weight is 429 g/mol. The van der Waals surface area contributed by atoms with Crippen LogP contribution < -0.4 is 5.06 Å². The third-order valence-electron chi connectivity index (χ3n) is 5.42. The van der Waals surface area contributed by atoms with E-state index in [1.807, 2.05) is 0 Å². The minimum absolute atomic E-state index is 0.0332. The number of halogens is 3. The van der Waals surface area contributed by atoms with Crippen molar-refractivity contribution in [1.82, 2.24) is 15.0 Å². The number of rotatable bonds is 4. The standard InChI is InChI=1S/C21H16F3N4O3/c1-28(29)18-5-12-13(7-25-18)19(20(23)24)26-8-14(12)21-27-16-4-11(10-2-3-30-9-10)15(22)6-17(16)31-21/h4-8,10,20H,2-3,9H2,1H3/q-1. The van der Waals surface area contributed by atoms with Gasteiger partial charge in [-0.25, -0.2) is 23.1 Å². The van der Waals surface area contributed by atoms with Crippen LogP contribution in [0.2, 0.25) is 0 Å². The normalized spacial score (nSPS) is 16.6. The Morgan fingerprint density at radius 1 is 1.16 bits per heavy atom. The van der Waals surface area contributed by atoms with E-state index < -0.39 is 17.9 Å². The summed E-state index contributed by atoms with van der Waals surface area (Å²) < 4.78 is 52.6. The lowest BCUT2D eigenvalue weighted by Crippen LogP contribution is -2.08. The fraction of sp³-hybridized carbons (Fsp3) is 0.286. The third-order valence-corrected chi connectivity index (χ3v) is 5.42. The van der Waals surface area contributed by atoms with E-state index in [4.69, 9.17) is 9.15 Å². The van der Waals surface area contributed by atoms with Gasteiger partial charge in [0.25, 0.3) is 6.43 Å². The molecule has 160 valence electrons. The average Bonchev–Trinajstić information content (AvgIpc) is 3.41. The summed E-state index contributed by atoms with van der Waals surface area (Å²) in [5.74, 6) is -0.358. The maximum absolute atomic E-state index is 14.6. The van der Waals surface area contributed by atoms with Gasteiger partial charge in [-0.3, -0.25) is 4.98 Å². The van der Waals surface area contributed by atoms with Crippen molar-refractivity contribution in [2.24, 2.45) is 0 Å². The SMILES string of the molecule is CN([O-])c1cc2c(-c3nc4cc(C5CCOC5)c(F)cc4o3)cnc(C(F)F)c2cn1. The number of fused-ring (bicyclic) bond motifs is 2. The number of aromatic nitrogens is 3. The van der Waals surface area contributed by atoms with Crippen LogP contribution in [0.25, 0.3) is 33.3 Å². The van der Waals surface area contributed by atoms with Gasteiger partial charge in [-0.2, -0.15) is 0 Å². The summed E-state index contributed by atoms with van der Waals surface area (Å²) >= 11 is 0. The van der Waals surface area contributed by atoms with Crippen LogP contribution in [-0.4, -0.2) is 35.2 Å². The summed E-state index contributed by atoms with van der Waals surface area (Å²) in [5, 5.41) is 12.6. The van der Waals surface area contributed by atoms with Crippen molar-refractivity contribution in [3.8, 4) is 11.5 Å². The molecule has 1 unspecified atom stereocenters. The van der Waals surface area contributed by atoms with Gasteiger partial charge in [0.05, 0.1) is 12.2 Å². The van der Waals surface area contributed by atoms with Crippen molar-refractivity contribution >= 4 is 27.7 Å². The molecule has 3 aromatic heterocycles. The smallest absolute Gasteiger partial charge is 0.281 e. The molecule has 5 rings (SSSR count). The van der Waals surface area contributed by atoms with Crippen molar-refractivity contribution in [2.75, 3.05) is 25.3 Å². The van der Waals surface area contributed by atoms with Crippen molar-refractivity contribution in [3.05, 3.63) is 52.9 Å². The van der Waals surface area contributed by atoms with E-state index in [0.717, 1.165) is 6.42 Å². The van der Waals surface area contributed by atoms with E-state index in [1.165, 1.54) is 31.6 Å². The molecule has 1 aliphatic rings. The van der Waals surface area contributed by atoms with Crippen LogP contribution >= 0.6 is 0 Å². The lowest BCUT2D eigenvalue weighted by atomic mass is 9.97. The van der Waals surface area contributed by atoms with Gasteiger partial charge in [-0.1, -0.05) is 0 Å². The minimum Gasteiger partial charge on any atom is -0.757 e. The summed E-state index contributed by atoms with van der Waals surface area (Å²) in [6, 6.07) is 4.27. The first kappa shape index (κ1) is 19.7.